The standard InChI is InChI=1S/C13H18N2O4/c1-9-10(5-7-19-9)8-14(2)13(18)15-6-3-4-11(15)12(16)17/h5,7,11H,3-4,6,8H2,1-2H3,(H,16,17)/t11-/m1/s1. The minimum Gasteiger partial charge on any atom is -0.480 e. The second kappa shape index (κ2) is 5.34. The Bertz CT molecular complexity index is 483. The number of hydrogen-bond donors (Lipinski definition) is 1. The van der Waals surface area contributed by atoms with E-state index in [9.17, 15) is 9.59 Å². The first-order chi connectivity index (χ1) is 9.00. The summed E-state index contributed by atoms with van der Waals surface area (Å²) in [6.45, 7) is 2.76. The van der Waals surface area contributed by atoms with Gasteiger partial charge >= 0.3 is 12.0 Å². The second-order valence-electron chi connectivity index (χ2n) is 4.83. The van der Waals surface area contributed by atoms with Crippen molar-refractivity contribution in [2.75, 3.05) is 13.6 Å². The van der Waals surface area contributed by atoms with Gasteiger partial charge in [0.2, 0.25) is 0 Å². The summed E-state index contributed by atoms with van der Waals surface area (Å²) in [5.41, 5.74) is 0.932. The van der Waals surface area contributed by atoms with Gasteiger partial charge in [-0.15, -0.1) is 0 Å². The molecule has 104 valence electrons. The summed E-state index contributed by atoms with van der Waals surface area (Å²) in [6.07, 6.45) is 2.85. The van der Waals surface area contributed by atoms with E-state index in [1.54, 1.807) is 13.3 Å². The van der Waals surface area contributed by atoms with Crippen molar-refractivity contribution in [2.45, 2.75) is 32.4 Å². The Kier molecular flexibility index (Phi) is 3.78. The lowest BCUT2D eigenvalue weighted by Gasteiger charge is -2.27. The van der Waals surface area contributed by atoms with E-state index in [1.165, 1.54) is 9.80 Å². The molecule has 1 aliphatic heterocycles. The highest BCUT2D eigenvalue weighted by Crippen LogP contribution is 2.20. The molecule has 6 nitrogen and oxygen atoms in total. The molecule has 2 amide bonds. The molecule has 2 heterocycles. The summed E-state index contributed by atoms with van der Waals surface area (Å²) in [7, 11) is 1.67. The highest BCUT2D eigenvalue weighted by molar-refractivity contribution is 5.83. The first kappa shape index (κ1) is 13.5. The summed E-state index contributed by atoms with van der Waals surface area (Å²) in [5, 5.41) is 9.09. The van der Waals surface area contributed by atoms with Crippen LogP contribution < -0.4 is 0 Å². The maximum atomic E-state index is 12.3. The Morgan fingerprint density at radius 1 is 1.58 bits per heavy atom. The van der Waals surface area contributed by atoms with E-state index in [-0.39, 0.29) is 6.03 Å². The normalized spacial score (nSPS) is 18.6. The van der Waals surface area contributed by atoms with Crippen LogP contribution in [0.5, 0.6) is 0 Å². The Morgan fingerprint density at radius 3 is 2.89 bits per heavy atom. The van der Waals surface area contributed by atoms with Gasteiger partial charge in [0.15, 0.2) is 0 Å². The summed E-state index contributed by atoms with van der Waals surface area (Å²) in [4.78, 5) is 26.3. The van der Waals surface area contributed by atoms with Crippen LogP contribution in [0.3, 0.4) is 0 Å². The van der Waals surface area contributed by atoms with Crippen molar-refractivity contribution in [3.63, 3.8) is 0 Å². The van der Waals surface area contributed by atoms with Crippen LogP contribution in [-0.4, -0.2) is 46.5 Å². The quantitative estimate of drug-likeness (QED) is 0.903. The first-order valence-electron chi connectivity index (χ1n) is 6.28. The first-order valence-corrected chi connectivity index (χ1v) is 6.28. The third-order valence-corrected chi connectivity index (χ3v) is 3.48. The second-order valence-corrected chi connectivity index (χ2v) is 4.83. The molecule has 6 heteroatoms. The lowest BCUT2D eigenvalue weighted by Crippen LogP contribution is -2.46. The van der Waals surface area contributed by atoms with E-state index in [0.717, 1.165) is 17.7 Å². The number of hydrogen-bond acceptors (Lipinski definition) is 3. The summed E-state index contributed by atoms with van der Waals surface area (Å²) < 4.78 is 5.18. The molecule has 1 atom stereocenters. The fraction of sp³-hybridized carbons (Fsp3) is 0.538. The van der Waals surface area contributed by atoms with Crippen LogP contribution >= 0.6 is 0 Å². The highest BCUT2D eigenvalue weighted by Gasteiger charge is 2.35. The predicted octanol–water partition coefficient (Wildman–Crippen LogP) is 1.69. The topological polar surface area (TPSA) is 74.0 Å². The van der Waals surface area contributed by atoms with Crippen LogP contribution in [0.4, 0.5) is 4.79 Å². The highest BCUT2D eigenvalue weighted by atomic mass is 16.4. The van der Waals surface area contributed by atoms with Crippen LogP contribution in [-0.2, 0) is 11.3 Å². The van der Waals surface area contributed by atoms with Gasteiger partial charge in [0.05, 0.1) is 12.8 Å². The molecule has 0 bridgehead atoms. The molecule has 0 spiro atoms. The Morgan fingerprint density at radius 2 is 2.32 bits per heavy atom. The summed E-state index contributed by atoms with van der Waals surface area (Å²) in [5.74, 6) is -0.158. The number of amides is 2. The Hall–Kier alpha value is -1.98. The van der Waals surface area contributed by atoms with Crippen LogP contribution in [0.25, 0.3) is 0 Å². The molecule has 19 heavy (non-hydrogen) atoms. The SMILES string of the molecule is Cc1occc1CN(C)C(=O)N1CCC[C@@H]1C(=O)O. The number of nitrogens with zero attached hydrogens (tertiary/aromatic N) is 2. The zero-order valence-corrected chi connectivity index (χ0v) is 11.1. The van der Waals surface area contributed by atoms with E-state index < -0.39 is 12.0 Å². The third kappa shape index (κ3) is 2.72. The molecule has 1 fully saturated rings. The number of furan rings is 1. The zero-order valence-electron chi connectivity index (χ0n) is 11.1. The number of aryl methyl sites for hydroxylation is 1. The molecule has 1 aromatic rings. The number of likely N-dealkylation sites (tertiary alicyclic amines) is 1. The molecule has 0 aromatic carbocycles. The number of urea groups is 1. The Labute approximate surface area is 111 Å². The number of carboxylic acids is 1. The lowest BCUT2D eigenvalue weighted by molar-refractivity contribution is -0.141. The average Bonchev–Trinajstić information content (AvgIpc) is 2.98. The van der Waals surface area contributed by atoms with Crippen molar-refractivity contribution in [3.8, 4) is 0 Å². The van der Waals surface area contributed by atoms with E-state index >= 15 is 0 Å². The molecule has 2 rings (SSSR count). The van der Waals surface area contributed by atoms with E-state index in [1.807, 2.05) is 13.0 Å². The van der Waals surface area contributed by atoms with Crippen molar-refractivity contribution >= 4 is 12.0 Å². The molecule has 0 radical (unpaired) electrons. The van der Waals surface area contributed by atoms with Crippen molar-refractivity contribution in [3.05, 3.63) is 23.7 Å². The van der Waals surface area contributed by atoms with Gasteiger partial charge in [-0.3, -0.25) is 0 Å². The van der Waals surface area contributed by atoms with Crippen molar-refractivity contribution in [2.24, 2.45) is 0 Å². The van der Waals surface area contributed by atoms with Crippen molar-refractivity contribution in [1.29, 1.82) is 0 Å². The van der Waals surface area contributed by atoms with Crippen LogP contribution in [0, 0.1) is 6.92 Å². The van der Waals surface area contributed by atoms with E-state index in [0.29, 0.717) is 19.5 Å². The van der Waals surface area contributed by atoms with Crippen molar-refractivity contribution in [1.82, 2.24) is 9.80 Å². The monoisotopic (exact) mass is 266 g/mol. The molecule has 1 aromatic heterocycles. The van der Waals surface area contributed by atoms with Gasteiger partial charge in [-0.2, -0.15) is 0 Å². The van der Waals surface area contributed by atoms with Crippen LogP contribution in [0.15, 0.2) is 16.7 Å². The molecule has 0 saturated carbocycles. The van der Waals surface area contributed by atoms with Gasteiger partial charge in [-0.25, -0.2) is 9.59 Å². The number of aliphatic carboxylic acids is 1. The number of carboxylic acid groups (broad SMARTS) is 1. The van der Waals surface area contributed by atoms with Gasteiger partial charge in [-0.05, 0) is 25.8 Å². The fourth-order valence-electron chi connectivity index (χ4n) is 2.37. The van der Waals surface area contributed by atoms with Gasteiger partial charge in [-0.1, -0.05) is 0 Å². The smallest absolute Gasteiger partial charge is 0.326 e. The van der Waals surface area contributed by atoms with Gasteiger partial charge < -0.3 is 19.3 Å². The van der Waals surface area contributed by atoms with E-state index in [4.69, 9.17) is 9.52 Å². The number of carbonyl (C=O) groups is 2. The van der Waals surface area contributed by atoms with Crippen LogP contribution in [0.1, 0.15) is 24.2 Å². The van der Waals surface area contributed by atoms with Crippen LogP contribution in [0.2, 0.25) is 0 Å². The minimum atomic E-state index is -0.932. The predicted molar refractivity (Wildman–Crippen MR) is 67.7 cm³/mol. The summed E-state index contributed by atoms with van der Waals surface area (Å²) >= 11 is 0. The van der Waals surface area contributed by atoms with E-state index in [2.05, 4.69) is 0 Å². The molecule has 0 aliphatic carbocycles. The average molecular weight is 266 g/mol. The number of rotatable bonds is 3. The molecule has 1 N–H and O–H groups in total. The minimum absolute atomic E-state index is 0.245. The zero-order chi connectivity index (χ0) is 14.0. The Balaban J connectivity index is 2.03. The van der Waals surface area contributed by atoms with Gasteiger partial charge in [0.1, 0.15) is 11.8 Å². The third-order valence-electron chi connectivity index (χ3n) is 3.48. The maximum absolute atomic E-state index is 12.3. The summed E-state index contributed by atoms with van der Waals surface area (Å²) in [6, 6.07) is 0.878. The molecular weight excluding hydrogens is 248 g/mol. The maximum Gasteiger partial charge on any atom is 0.326 e. The largest absolute Gasteiger partial charge is 0.480 e. The number of carbonyl (C=O) groups excluding carboxylic acids is 1. The lowest BCUT2D eigenvalue weighted by atomic mass is 10.2. The van der Waals surface area contributed by atoms with Gasteiger partial charge in [0, 0.05) is 19.2 Å². The molecular formula is C13H18N2O4. The molecule has 1 saturated heterocycles. The fourth-order valence-corrected chi connectivity index (χ4v) is 2.37. The molecule has 1 aliphatic rings. The van der Waals surface area contributed by atoms with Crippen molar-refractivity contribution < 1.29 is 19.1 Å². The van der Waals surface area contributed by atoms with Gasteiger partial charge in [0.25, 0.3) is 0 Å². The molecule has 0 unspecified atom stereocenters.